The van der Waals surface area contributed by atoms with Crippen LogP contribution in [0.25, 0.3) is 43.6 Å². The van der Waals surface area contributed by atoms with Gasteiger partial charge in [0, 0.05) is 35.6 Å². The molecule has 5 aromatic rings. The van der Waals surface area contributed by atoms with Crippen molar-refractivity contribution in [1.82, 2.24) is 25.1 Å². The summed E-state index contributed by atoms with van der Waals surface area (Å²) in [5, 5.41) is 11.0. The molecule has 0 aliphatic rings. The summed E-state index contributed by atoms with van der Waals surface area (Å²) in [7, 11) is 0. The second-order valence-electron chi connectivity index (χ2n) is 5.56. The molecule has 0 aromatic carbocycles. The van der Waals surface area contributed by atoms with Crippen LogP contribution in [0, 0.1) is 0 Å². The van der Waals surface area contributed by atoms with Gasteiger partial charge in [0.2, 0.25) is 0 Å². The van der Waals surface area contributed by atoms with Gasteiger partial charge >= 0.3 is 0 Å². The van der Waals surface area contributed by atoms with E-state index in [0.29, 0.717) is 5.69 Å². The van der Waals surface area contributed by atoms with E-state index in [1.807, 2.05) is 42.5 Å². The van der Waals surface area contributed by atoms with Crippen LogP contribution in [0.3, 0.4) is 0 Å². The van der Waals surface area contributed by atoms with Gasteiger partial charge in [0.1, 0.15) is 22.0 Å². The Morgan fingerprint density at radius 2 is 1.85 bits per heavy atom. The van der Waals surface area contributed by atoms with Gasteiger partial charge in [-0.15, -0.1) is 10.2 Å². The van der Waals surface area contributed by atoms with Crippen LogP contribution in [-0.4, -0.2) is 25.1 Å². The fraction of sp³-hybridized carbons (Fsp3) is 0. The summed E-state index contributed by atoms with van der Waals surface area (Å²) in [5.74, 6) is 0. The van der Waals surface area contributed by atoms with Gasteiger partial charge in [-0.05, 0) is 30.3 Å². The number of hydrogen-bond donors (Lipinski definition) is 0. The second-order valence-corrected chi connectivity index (χ2v) is 6.54. The first-order chi connectivity index (χ1) is 12.9. The van der Waals surface area contributed by atoms with Crippen molar-refractivity contribution in [2.24, 2.45) is 0 Å². The van der Waals surface area contributed by atoms with Gasteiger partial charge in [-0.2, -0.15) is 0 Å². The molecule has 0 saturated carbocycles. The smallest absolute Gasteiger partial charge is 0.166 e. The molecule has 0 amide bonds. The molecule has 0 radical (unpaired) electrons. The predicted octanol–water partition coefficient (Wildman–Crippen LogP) is 4.47. The molecule has 6 nitrogen and oxygen atoms in total. The molecule has 0 bridgehead atoms. The van der Waals surface area contributed by atoms with Crippen molar-refractivity contribution in [2.75, 3.05) is 0 Å². The summed E-state index contributed by atoms with van der Waals surface area (Å²) in [4.78, 5) is 13.3. The summed E-state index contributed by atoms with van der Waals surface area (Å²) in [6, 6.07) is 13.4. The van der Waals surface area contributed by atoms with E-state index >= 15 is 0 Å². The largest absolute Gasteiger partial charge is 0.464 e. The Balaban J connectivity index is 1.65. The molecular formula is C19H11N5OS. The zero-order chi connectivity index (χ0) is 17.3. The SMILES string of the molecule is c1ccc(-c2nc(-c3nnc(-c4cccnc4)s3)cc3occc23)nc1. The molecular weight excluding hydrogens is 346 g/mol. The topological polar surface area (TPSA) is 77.6 Å². The lowest BCUT2D eigenvalue weighted by molar-refractivity contribution is 0.616. The number of nitrogens with zero attached hydrogens (tertiary/aromatic N) is 5. The summed E-state index contributed by atoms with van der Waals surface area (Å²) in [5.41, 5.74) is 3.94. The Kier molecular flexibility index (Phi) is 3.50. The second kappa shape index (κ2) is 6.12. The Hall–Kier alpha value is -3.45. The van der Waals surface area contributed by atoms with Crippen molar-refractivity contribution in [2.45, 2.75) is 0 Å². The van der Waals surface area contributed by atoms with Crippen LogP contribution in [-0.2, 0) is 0 Å². The highest BCUT2D eigenvalue weighted by molar-refractivity contribution is 7.17. The van der Waals surface area contributed by atoms with Gasteiger partial charge in [-0.1, -0.05) is 17.4 Å². The molecule has 0 fully saturated rings. The molecule has 0 atom stereocenters. The maximum absolute atomic E-state index is 5.61. The van der Waals surface area contributed by atoms with Gasteiger partial charge < -0.3 is 4.42 Å². The highest BCUT2D eigenvalue weighted by Crippen LogP contribution is 2.33. The van der Waals surface area contributed by atoms with E-state index < -0.39 is 0 Å². The summed E-state index contributed by atoms with van der Waals surface area (Å²) >= 11 is 1.47. The number of fused-ring (bicyclic) bond motifs is 1. The molecule has 5 rings (SSSR count). The van der Waals surface area contributed by atoms with Crippen LogP contribution in [0.1, 0.15) is 0 Å². The van der Waals surface area contributed by atoms with E-state index in [1.165, 1.54) is 11.3 Å². The van der Waals surface area contributed by atoms with Gasteiger partial charge in [-0.3, -0.25) is 9.97 Å². The molecule has 124 valence electrons. The van der Waals surface area contributed by atoms with E-state index in [4.69, 9.17) is 9.40 Å². The van der Waals surface area contributed by atoms with Gasteiger partial charge in [0.15, 0.2) is 5.01 Å². The lowest BCUT2D eigenvalue weighted by Gasteiger charge is -2.03. The van der Waals surface area contributed by atoms with Crippen molar-refractivity contribution < 1.29 is 4.42 Å². The van der Waals surface area contributed by atoms with E-state index in [-0.39, 0.29) is 0 Å². The van der Waals surface area contributed by atoms with Crippen molar-refractivity contribution in [1.29, 1.82) is 0 Å². The Bertz CT molecular complexity index is 1180. The molecule has 5 heterocycles. The van der Waals surface area contributed by atoms with E-state index in [1.54, 1.807) is 24.9 Å². The Morgan fingerprint density at radius 1 is 0.885 bits per heavy atom. The quantitative estimate of drug-likeness (QED) is 0.474. The average molecular weight is 357 g/mol. The van der Waals surface area contributed by atoms with Crippen molar-refractivity contribution in [3.05, 3.63) is 67.3 Å². The predicted molar refractivity (Wildman–Crippen MR) is 99.4 cm³/mol. The first-order valence-electron chi connectivity index (χ1n) is 7.92. The van der Waals surface area contributed by atoms with E-state index in [2.05, 4.69) is 20.2 Å². The first-order valence-corrected chi connectivity index (χ1v) is 8.74. The van der Waals surface area contributed by atoms with E-state index in [0.717, 1.165) is 37.9 Å². The van der Waals surface area contributed by atoms with Crippen LogP contribution in [0.15, 0.2) is 71.7 Å². The normalized spacial score (nSPS) is 11.1. The van der Waals surface area contributed by atoms with Crippen LogP contribution in [0.4, 0.5) is 0 Å². The third-order valence-electron chi connectivity index (χ3n) is 3.91. The third kappa shape index (κ3) is 2.55. The van der Waals surface area contributed by atoms with Crippen LogP contribution in [0.5, 0.6) is 0 Å². The Morgan fingerprint density at radius 3 is 2.69 bits per heavy atom. The van der Waals surface area contributed by atoms with Crippen molar-refractivity contribution in [3.63, 3.8) is 0 Å². The summed E-state index contributed by atoms with van der Waals surface area (Å²) in [6.45, 7) is 0. The molecule has 0 aliphatic carbocycles. The molecule has 26 heavy (non-hydrogen) atoms. The van der Waals surface area contributed by atoms with Gasteiger partial charge in [0.05, 0.1) is 12.0 Å². The Labute approximate surface area is 152 Å². The maximum atomic E-state index is 5.61. The first kappa shape index (κ1) is 14.9. The van der Waals surface area contributed by atoms with E-state index in [9.17, 15) is 0 Å². The van der Waals surface area contributed by atoms with Crippen LogP contribution in [0.2, 0.25) is 0 Å². The lowest BCUT2D eigenvalue weighted by Crippen LogP contribution is -1.91. The van der Waals surface area contributed by atoms with Crippen LogP contribution >= 0.6 is 11.3 Å². The number of pyridine rings is 3. The summed E-state index contributed by atoms with van der Waals surface area (Å²) in [6.07, 6.45) is 6.91. The third-order valence-corrected chi connectivity index (χ3v) is 4.91. The molecule has 0 N–H and O–H groups in total. The molecule has 0 aliphatic heterocycles. The number of furan rings is 1. The zero-order valence-electron chi connectivity index (χ0n) is 13.4. The highest BCUT2D eigenvalue weighted by Gasteiger charge is 2.16. The zero-order valence-corrected chi connectivity index (χ0v) is 14.2. The maximum Gasteiger partial charge on any atom is 0.166 e. The number of aromatic nitrogens is 5. The highest BCUT2D eigenvalue weighted by atomic mass is 32.1. The standard InChI is InChI=1S/C19H11N5OS/c1-2-8-21-14(5-1)17-13-6-9-25-16(13)10-15(22-17)19-24-23-18(26-19)12-4-3-7-20-11-12/h1-11H. The van der Waals surface area contributed by atoms with Gasteiger partial charge in [0.25, 0.3) is 0 Å². The number of hydrogen-bond acceptors (Lipinski definition) is 7. The molecule has 0 spiro atoms. The minimum Gasteiger partial charge on any atom is -0.464 e. The molecule has 0 unspecified atom stereocenters. The molecule has 0 saturated heterocycles. The van der Waals surface area contributed by atoms with Crippen molar-refractivity contribution >= 4 is 22.3 Å². The monoisotopic (exact) mass is 357 g/mol. The fourth-order valence-electron chi connectivity index (χ4n) is 2.71. The van der Waals surface area contributed by atoms with Gasteiger partial charge in [-0.25, -0.2) is 4.98 Å². The van der Waals surface area contributed by atoms with Crippen molar-refractivity contribution in [3.8, 4) is 32.7 Å². The number of rotatable bonds is 3. The molecule has 7 heteroatoms. The average Bonchev–Trinajstić information content (AvgIpc) is 3.38. The summed E-state index contributed by atoms with van der Waals surface area (Å²) < 4.78 is 5.61. The molecule has 5 aromatic heterocycles. The minimum atomic E-state index is 0.709. The minimum absolute atomic E-state index is 0.709. The lowest BCUT2D eigenvalue weighted by atomic mass is 10.1. The van der Waals surface area contributed by atoms with Crippen LogP contribution < -0.4 is 0 Å². The fourth-order valence-corrected chi connectivity index (χ4v) is 3.50.